The highest BCUT2D eigenvalue weighted by Crippen LogP contribution is 2.34. The molecule has 1 aliphatic rings. The van der Waals surface area contributed by atoms with Crippen molar-refractivity contribution in [2.75, 3.05) is 18.1 Å². The smallest absolute Gasteiger partial charge is 0.309 e. The van der Waals surface area contributed by atoms with Crippen molar-refractivity contribution in [1.29, 1.82) is 0 Å². The van der Waals surface area contributed by atoms with Gasteiger partial charge in [-0.25, -0.2) is 9.40 Å². The van der Waals surface area contributed by atoms with Crippen LogP contribution in [0, 0.1) is 11.7 Å². The Labute approximate surface area is 149 Å². The van der Waals surface area contributed by atoms with Gasteiger partial charge in [-0.3, -0.25) is 4.79 Å². The van der Waals surface area contributed by atoms with Gasteiger partial charge in [-0.1, -0.05) is 35.3 Å². The van der Waals surface area contributed by atoms with Gasteiger partial charge in [0.2, 0.25) is 0 Å². The highest BCUT2D eigenvalue weighted by Gasteiger charge is 2.35. The number of hydrogen-bond donors (Lipinski definition) is 1. The number of benzene rings is 2. The van der Waals surface area contributed by atoms with Crippen molar-refractivity contribution in [3.05, 3.63) is 63.9 Å². The molecule has 2 aromatic rings. The molecule has 0 saturated carbocycles. The van der Waals surface area contributed by atoms with E-state index in [0.29, 0.717) is 35.4 Å². The van der Waals surface area contributed by atoms with E-state index in [1.165, 1.54) is 12.1 Å². The molecule has 1 unspecified atom stereocenters. The molecule has 126 valence electrons. The quantitative estimate of drug-likeness (QED) is 0.883. The van der Waals surface area contributed by atoms with E-state index in [1.807, 2.05) is 10.0 Å². The number of halogens is 3. The van der Waals surface area contributed by atoms with Gasteiger partial charge in [-0.15, -0.1) is 0 Å². The van der Waals surface area contributed by atoms with Gasteiger partial charge in [0.1, 0.15) is 5.82 Å². The minimum atomic E-state index is -0.869. The Morgan fingerprint density at radius 1 is 1.21 bits per heavy atom. The van der Waals surface area contributed by atoms with E-state index in [1.54, 1.807) is 30.3 Å². The van der Waals surface area contributed by atoms with Crippen LogP contribution in [0.5, 0.6) is 0 Å². The van der Waals surface area contributed by atoms with Crippen molar-refractivity contribution in [2.24, 2.45) is 5.92 Å². The Morgan fingerprint density at radius 3 is 2.67 bits per heavy atom. The Kier molecular flexibility index (Phi) is 4.94. The molecule has 4 nitrogen and oxygen atoms in total. The third kappa shape index (κ3) is 3.64. The zero-order valence-electron chi connectivity index (χ0n) is 12.6. The molecule has 0 aromatic heterocycles. The highest BCUT2D eigenvalue weighted by atomic mass is 35.5. The molecule has 24 heavy (non-hydrogen) atoms. The van der Waals surface area contributed by atoms with E-state index in [0.717, 1.165) is 5.56 Å². The number of carbonyl (C=O) groups is 1. The molecule has 3 rings (SSSR count). The van der Waals surface area contributed by atoms with Crippen LogP contribution in [0.2, 0.25) is 10.0 Å². The van der Waals surface area contributed by atoms with Crippen molar-refractivity contribution in [1.82, 2.24) is 5.01 Å². The lowest BCUT2D eigenvalue weighted by Crippen LogP contribution is -2.36. The summed E-state index contributed by atoms with van der Waals surface area (Å²) < 4.78 is 13.4. The first-order chi connectivity index (χ1) is 11.4. The minimum Gasteiger partial charge on any atom is -0.481 e. The fraction of sp³-hybridized carbons (Fsp3) is 0.235. The number of rotatable bonds is 4. The average molecular weight is 369 g/mol. The fourth-order valence-electron chi connectivity index (χ4n) is 2.83. The number of aliphatic carboxylic acids is 1. The van der Waals surface area contributed by atoms with Crippen molar-refractivity contribution >= 4 is 34.9 Å². The van der Waals surface area contributed by atoms with Gasteiger partial charge >= 0.3 is 5.97 Å². The van der Waals surface area contributed by atoms with Crippen LogP contribution in [0.15, 0.2) is 42.5 Å². The van der Waals surface area contributed by atoms with Gasteiger partial charge in [0.05, 0.1) is 16.6 Å². The van der Waals surface area contributed by atoms with Gasteiger partial charge in [0, 0.05) is 24.7 Å². The topological polar surface area (TPSA) is 43.8 Å². The molecule has 1 aliphatic heterocycles. The SMILES string of the molecule is O=C(O)C1CN(Cc2cccc(F)c2)N(c2ccc(Cl)cc2Cl)C1. The molecule has 1 atom stereocenters. The zero-order valence-corrected chi connectivity index (χ0v) is 14.1. The van der Waals surface area contributed by atoms with E-state index in [-0.39, 0.29) is 5.82 Å². The molecule has 0 bridgehead atoms. The molecule has 7 heteroatoms. The highest BCUT2D eigenvalue weighted by molar-refractivity contribution is 6.36. The lowest BCUT2D eigenvalue weighted by Gasteiger charge is -2.30. The predicted octanol–water partition coefficient (Wildman–Crippen LogP) is 4.07. The summed E-state index contributed by atoms with van der Waals surface area (Å²) in [6.07, 6.45) is 0. The standard InChI is InChI=1S/C17H15Cl2FN2O2/c18-13-4-5-16(15(19)7-13)22-10-12(17(23)24)9-21(22)8-11-2-1-3-14(20)6-11/h1-7,12H,8-10H2,(H,23,24). The molecular weight excluding hydrogens is 354 g/mol. The summed E-state index contributed by atoms with van der Waals surface area (Å²) in [6.45, 7) is 1.01. The molecule has 2 aromatic carbocycles. The second-order valence-corrected chi connectivity index (χ2v) is 6.53. The second kappa shape index (κ2) is 6.97. The van der Waals surface area contributed by atoms with Gasteiger partial charge < -0.3 is 10.1 Å². The van der Waals surface area contributed by atoms with E-state index in [4.69, 9.17) is 23.2 Å². The summed E-state index contributed by atoms with van der Waals surface area (Å²) in [7, 11) is 0. The zero-order chi connectivity index (χ0) is 17.3. The summed E-state index contributed by atoms with van der Waals surface area (Å²) in [5.74, 6) is -1.74. The molecule has 1 saturated heterocycles. The molecule has 0 amide bonds. The number of hydrogen-bond acceptors (Lipinski definition) is 3. The van der Waals surface area contributed by atoms with Crippen molar-refractivity contribution in [3.63, 3.8) is 0 Å². The van der Waals surface area contributed by atoms with Crippen LogP contribution in [0.25, 0.3) is 0 Å². The third-order valence-corrected chi connectivity index (χ3v) is 4.49. The lowest BCUT2D eigenvalue weighted by molar-refractivity contribution is -0.140. The van der Waals surface area contributed by atoms with Crippen LogP contribution < -0.4 is 5.01 Å². The first-order valence-corrected chi connectivity index (χ1v) is 8.14. The first-order valence-electron chi connectivity index (χ1n) is 7.39. The summed E-state index contributed by atoms with van der Waals surface area (Å²) >= 11 is 12.2. The number of anilines is 1. The predicted molar refractivity (Wildman–Crippen MR) is 91.7 cm³/mol. The fourth-order valence-corrected chi connectivity index (χ4v) is 3.33. The maximum Gasteiger partial charge on any atom is 0.309 e. The van der Waals surface area contributed by atoms with Gasteiger partial charge in [0.25, 0.3) is 0 Å². The Morgan fingerprint density at radius 2 is 2.00 bits per heavy atom. The Balaban J connectivity index is 1.90. The molecule has 1 heterocycles. The third-order valence-electron chi connectivity index (χ3n) is 3.96. The van der Waals surface area contributed by atoms with E-state index in [9.17, 15) is 14.3 Å². The monoisotopic (exact) mass is 368 g/mol. The second-order valence-electron chi connectivity index (χ2n) is 5.69. The molecule has 0 spiro atoms. The van der Waals surface area contributed by atoms with Crippen molar-refractivity contribution < 1.29 is 14.3 Å². The van der Waals surface area contributed by atoms with Crippen LogP contribution in [-0.4, -0.2) is 29.2 Å². The number of nitrogens with zero attached hydrogens (tertiary/aromatic N) is 2. The average Bonchev–Trinajstić information content (AvgIpc) is 2.91. The minimum absolute atomic E-state index is 0.298. The van der Waals surface area contributed by atoms with Crippen LogP contribution in [0.1, 0.15) is 5.56 Å². The summed E-state index contributed by atoms with van der Waals surface area (Å²) in [5.41, 5.74) is 1.44. The molecular formula is C17H15Cl2FN2O2. The van der Waals surface area contributed by atoms with E-state index in [2.05, 4.69) is 0 Å². The van der Waals surface area contributed by atoms with Crippen LogP contribution in [0.3, 0.4) is 0 Å². The van der Waals surface area contributed by atoms with Gasteiger partial charge in [-0.2, -0.15) is 0 Å². The maximum absolute atomic E-state index is 13.4. The van der Waals surface area contributed by atoms with E-state index >= 15 is 0 Å². The summed E-state index contributed by atoms with van der Waals surface area (Å²) in [5, 5.41) is 14.0. The molecule has 1 fully saturated rings. The maximum atomic E-state index is 13.4. The molecule has 0 aliphatic carbocycles. The van der Waals surface area contributed by atoms with Crippen LogP contribution in [0.4, 0.5) is 10.1 Å². The van der Waals surface area contributed by atoms with Crippen LogP contribution in [-0.2, 0) is 11.3 Å². The normalized spacial score (nSPS) is 18.1. The molecule has 1 N–H and O–H groups in total. The summed E-state index contributed by atoms with van der Waals surface area (Å²) in [6, 6.07) is 11.3. The largest absolute Gasteiger partial charge is 0.481 e. The van der Waals surface area contributed by atoms with Gasteiger partial charge in [-0.05, 0) is 35.9 Å². The number of carboxylic acid groups (broad SMARTS) is 1. The number of hydrazine groups is 1. The number of carboxylic acids is 1. The van der Waals surface area contributed by atoms with E-state index < -0.39 is 11.9 Å². The Bertz CT molecular complexity index is 772. The summed E-state index contributed by atoms with van der Waals surface area (Å²) in [4.78, 5) is 11.4. The van der Waals surface area contributed by atoms with Gasteiger partial charge in [0.15, 0.2) is 0 Å². The van der Waals surface area contributed by atoms with Crippen molar-refractivity contribution in [3.8, 4) is 0 Å². The molecule has 0 radical (unpaired) electrons. The Hall–Kier alpha value is -1.82. The first kappa shape index (κ1) is 17.0. The van der Waals surface area contributed by atoms with Crippen molar-refractivity contribution in [2.45, 2.75) is 6.54 Å². The van der Waals surface area contributed by atoms with Crippen LogP contribution >= 0.6 is 23.2 Å². The lowest BCUT2D eigenvalue weighted by atomic mass is 10.1.